The molecule has 2 aliphatic heterocycles. The van der Waals surface area contributed by atoms with Crippen LogP contribution in [0.3, 0.4) is 0 Å². The average molecular weight is 332 g/mol. The topological polar surface area (TPSA) is 34.0 Å². The lowest BCUT2D eigenvalue weighted by Crippen LogP contribution is -2.31. The number of nitrogens with zero attached hydrogens (tertiary/aromatic N) is 4. The second-order valence-corrected chi connectivity index (χ2v) is 7.45. The smallest absolute Gasteiger partial charge is 0.140 e. The highest BCUT2D eigenvalue weighted by atomic mass is 15.2. The summed E-state index contributed by atoms with van der Waals surface area (Å²) < 4.78 is 2.50. The summed E-state index contributed by atoms with van der Waals surface area (Å²) >= 11 is 0. The molecule has 25 heavy (non-hydrogen) atoms. The van der Waals surface area contributed by atoms with Gasteiger partial charge in [0.15, 0.2) is 0 Å². The van der Waals surface area contributed by atoms with E-state index < -0.39 is 0 Å². The summed E-state index contributed by atoms with van der Waals surface area (Å²) in [7, 11) is 0. The average Bonchev–Trinajstić information content (AvgIpc) is 3.22. The molecule has 0 aromatic carbocycles. The largest absolute Gasteiger partial charge is 0.329 e. The first kappa shape index (κ1) is 15.1. The second-order valence-electron chi connectivity index (χ2n) is 7.45. The molecule has 3 aromatic rings. The Morgan fingerprint density at radius 1 is 1.20 bits per heavy atom. The van der Waals surface area contributed by atoms with Crippen molar-refractivity contribution in [1.82, 2.24) is 19.4 Å². The summed E-state index contributed by atoms with van der Waals surface area (Å²) in [5.41, 5.74) is 6.89. The van der Waals surface area contributed by atoms with Crippen LogP contribution < -0.4 is 0 Å². The molecule has 128 valence electrons. The molecule has 0 N–H and O–H groups in total. The normalized spacial score (nSPS) is 20.0. The lowest BCUT2D eigenvalue weighted by molar-refractivity contribution is 0.242. The summed E-state index contributed by atoms with van der Waals surface area (Å²) in [6.07, 6.45) is 10.6. The molecule has 5 rings (SSSR count). The molecular weight excluding hydrogens is 308 g/mol. The van der Waals surface area contributed by atoms with Gasteiger partial charge in [0.25, 0.3) is 0 Å². The Morgan fingerprint density at radius 2 is 2.08 bits per heavy atom. The van der Waals surface area contributed by atoms with E-state index in [1.807, 2.05) is 18.6 Å². The molecule has 4 nitrogen and oxygen atoms in total. The molecule has 0 saturated carbocycles. The summed E-state index contributed by atoms with van der Waals surface area (Å²) in [6.45, 7) is 5.61. The predicted molar refractivity (Wildman–Crippen MR) is 99.7 cm³/mol. The molecule has 4 heteroatoms. The zero-order valence-corrected chi connectivity index (χ0v) is 14.8. The van der Waals surface area contributed by atoms with Crippen molar-refractivity contribution in [2.45, 2.75) is 45.2 Å². The molecule has 0 bridgehead atoms. The van der Waals surface area contributed by atoms with Crippen molar-refractivity contribution < 1.29 is 0 Å². The van der Waals surface area contributed by atoms with Crippen molar-refractivity contribution in [2.75, 3.05) is 13.1 Å². The van der Waals surface area contributed by atoms with Crippen molar-refractivity contribution in [2.24, 2.45) is 0 Å². The van der Waals surface area contributed by atoms with Crippen LogP contribution in [0.1, 0.15) is 41.3 Å². The van der Waals surface area contributed by atoms with Crippen molar-refractivity contribution >= 4 is 11.0 Å². The van der Waals surface area contributed by atoms with Gasteiger partial charge in [0.1, 0.15) is 5.65 Å². The van der Waals surface area contributed by atoms with E-state index in [0.717, 1.165) is 19.4 Å². The number of fused-ring (bicyclic) bond motifs is 5. The highest BCUT2D eigenvalue weighted by Crippen LogP contribution is 2.42. The molecule has 1 atom stereocenters. The van der Waals surface area contributed by atoms with E-state index >= 15 is 0 Å². The predicted octanol–water partition coefficient (Wildman–Crippen LogP) is 3.68. The van der Waals surface area contributed by atoms with E-state index in [-0.39, 0.29) is 0 Å². The Kier molecular flexibility index (Phi) is 3.59. The first-order chi connectivity index (χ1) is 12.3. The molecule has 0 amide bonds. The van der Waals surface area contributed by atoms with Gasteiger partial charge in [-0.1, -0.05) is 0 Å². The summed E-state index contributed by atoms with van der Waals surface area (Å²) in [5.74, 6) is 0. The van der Waals surface area contributed by atoms with Gasteiger partial charge in [-0.25, -0.2) is 4.98 Å². The SMILES string of the molecule is Cc1cnc2c(c1)c1c(n2CCc2ccncc2)CCN2CCCC12. The minimum absolute atomic E-state index is 0.608. The van der Waals surface area contributed by atoms with Gasteiger partial charge in [-0.05, 0) is 67.6 Å². The van der Waals surface area contributed by atoms with E-state index in [2.05, 4.69) is 39.6 Å². The molecule has 0 aliphatic carbocycles. The summed E-state index contributed by atoms with van der Waals surface area (Å²) in [4.78, 5) is 11.7. The Labute approximate surface area is 148 Å². The maximum Gasteiger partial charge on any atom is 0.140 e. The number of hydrogen-bond acceptors (Lipinski definition) is 3. The Balaban J connectivity index is 1.61. The van der Waals surface area contributed by atoms with Crippen LogP contribution in [0.15, 0.2) is 36.8 Å². The van der Waals surface area contributed by atoms with Crippen molar-refractivity contribution in [3.8, 4) is 0 Å². The van der Waals surface area contributed by atoms with Crippen LogP contribution in [0.2, 0.25) is 0 Å². The summed E-state index contributed by atoms with van der Waals surface area (Å²) in [5, 5.41) is 1.39. The maximum absolute atomic E-state index is 4.84. The maximum atomic E-state index is 4.84. The highest BCUT2D eigenvalue weighted by molar-refractivity contribution is 5.84. The van der Waals surface area contributed by atoms with Gasteiger partial charge in [0.2, 0.25) is 0 Å². The van der Waals surface area contributed by atoms with Gasteiger partial charge in [0.05, 0.1) is 0 Å². The standard InChI is InChI=1S/C21H24N4/c1-15-13-17-20-18-3-2-10-24(18)11-7-19(20)25(21(17)23-14-15)12-6-16-4-8-22-9-5-16/h4-5,8-9,13-14,18H,2-3,6-7,10-12H2,1H3. The van der Waals surface area contributed by atoms with Gasteiger partial charge >= 0.3 is 0 Å². The minimum atomic E-state index is 0.608. The fourth-order valence-corrected chi connectivity index (χ4v) is 4.75. The zero-order valence-electron chi connectivity index (χ0n) is 14.8. The van der Waals surface area contributed by atoms with Crippen LogP contribution in [0.5, 0.6) is 0 Å². The summed E-state index contributed by atoms with van der Waals surface area (Å²) in [6, 6.07) is 7.20. The fraction of sp³-hybridized carbons (Fsp3) is 0.429. The molecule has 1 saturated heterocycles. The number of pyridine rings is 2. The molecule has 2 aliphatic rings. The van der Waals surface area contributed by atoms with Crippen LogP contribution in [-0.2, 0) is 19.4 Å². The first-order valence-corrected chi connectivity index (χ1v) is 9.42. The Morgan fingerprint density at radius 3 is 2.96 bits per heavy atom. The van der Waals surface area contributed by atoms with Crippen molar-refractivity contribution in [3.05, 3.63) is 59.2 Å². The van der Waals surface area contributed by atoms with E-state index in [1.165, 1.54) is 53.8 Å². The molecule has 3 aromatic heterocycles. The van der Waals surface area contributed by atoms with Crippen LogP contribution in [0.4, 0.5) is 0 Å². The first-order valence-electron chi connectivity index (χ1n) is 9.42. The molecule has 0 spiro atoms. The second kappa shape index (κ2) is 5.95. The van der Waals surface area contributed by atoms with Crippen molar-refractivity contribution in [3.63, 3.8) is 0 Å². The van der Waals surface area contributed by atoms with Gasteiger partial charge in [-0.3, -0.25) is 9.88 Å². The number of rotatable bonds is 3. The highest BCUT2D eigenvalue weighted by Gasteiger charge is 2.35. The monoisotopic (exact) mass is 332 g/mol. The van der Waals surface area contributed by atoms with Crippen LogP contribution in [0.25, 0.3) is 11.0 Å². The zero-order chi connectivity index (χ0) is 16.8. The van der Waals surface area contributed by atoms with Gasteiger partial charge in [-0.15, -0.1) is 0 Å². The lowest BCUT2D eigenvalue weighted by Gasteiger charge is -2.31. The molecule has 0 radical (unpaired) electrons. The molecule has 1 fully saturated rings. The van der Waals surface area contributed by atoms with E-state index in [1.54, 1.807) is 5.56 Å². The van der Waals surface area contributed by atoms with E-state index in [4.69, 9.17) is 4.98 Å². The van der Waals surface area contributed by atoms with Gasteiger partial charge < -0.3 is 4.57 Å². The number of aromatic nitrogens is 3. The third-order valence-electron chi connectivity index (χ3n) is 5.89. The Bertz CT molecular complexity index is 913. The van der Waals surface area contributed by atoms with Crippen LogP contribution >= 0.6 is 0 Å². The van der Waals surface area contributed by atoms with Gasteiger partial charge in [0, 0.05) is 55.2 Å². The lowest BCUT2D eigenvalue weighted by atomic mass is 9.96. The number of aryl methyl sites for hydroxylation is 3. The van der Waals surface area contributed by atoms with Gasteiger partial charge in [-0.2, -0.15) is 0 Å². The van der Waals surface area contributed by atoms with E-state index in [0.29, 0.717) is 6.04 Å². The third kappa shape index (κ3) is 2.47. The fourth-order valence-electron chi connectivity index (χ4n) is 4.75. The molecule has 5 heterocycles. The third-order valence-corrected chi connectivity index (χ3v) is 5.89. The molecular formula is C21H24N4. The van der Waals surface area contributed by atoms with Crippen LogP contribution in [-0.4, -0.2) is 32.5 Å². The minimum Gasteiger partial charge on any atom is -0.329 e. The number of hydrogen-bond donors (Lipinski definition) is 0. The van der Waals surface area contributed by atoms with Crippen molar-refractivity contribution in [1.29, 1.82) is 0 Å². The molecule has 1 unspecified atom stereocenters. The van der Waals surface area contributed by atoms with E-state index in [9.17, 15) is 0 Å². The Hall–Kier alpha value is -2.20. The van der Waals surface area contributed by atoms with Crippen LogP contribution in [0, 0.1) is 6.92 Å². The quantitative estimate of drug-likeness (QED) is 0.734.